The molecule has 1 saturated heterocycles. The zero-order chi connectivity index (χ0) is 33.5. The number of ether oxygens (including phenoxy) is 1. The van der Waals surface area contributed by atoms with Gasteiger partial charge in [0.25, 0.3) is 5.91 Å². The monoisotopic (exact) mass is 665 g/mol. The van der Waals surface area contributed by atoms with Gasteiger partial charge in [-0.2, -0.15) is 5.10 Å². The van der Waals surface area contributed by atoms with E-state index in [2.05, 4.69) is 18.3 Å². The van der Waals surface area contributed by atoms with Crippen molar-refractivity contribution in [2.24, 2.45) is 28.6 Å². The Morgan fingerprint density at radius 2 is 1.96 bits per heavy atom. The van der Waals surface area contributed by atoms with E-state index in [4.69, 9.17) is 9.84 Å². The number of carbonyl (C=O) groups excluding carboxylic acids is 2. The maximum absolute atomic E-state index is 13.0. The number of nitrogens with zero attached hydrogens (tertiary/aromatic N) is 2. The predicted octanol–water partition coefficient (Wildman–Crippen LogP) is 3.72. The first kappa shape index (κ1) is 32.1. The summed E-state index contributed by atoms with van der Waals surface area (Å²) in [6.07, 6.45) is 7.16. The number of amides is 1. The summed E-state index contributed by atoms with van der Waals surface area (Å²) >= 11 is 0. The lowest BCUT2D eigenvalue weighted by atomic mass is 9.45. The van der Waals surface area contributed by atoms with Crippen molar-refractivity contribution in [3.8, 4) is 5.69 Å². The number of hydrogen-bond donors (Lipinski definition) is 3. The molecular weight excluding hydrogens is 622 g/mol. The van der Waals surface area contributed by atoms with Gasteiger partial charge in [-0.25, -0.2) is 17.9 Å². The summed E-state index contributed by atoms with van der Waals surface area (Å²) in [4.78, 5) is 38.3. The van der Waals surface area contributed by atoms with Crippen LogP contribution in [-0.2, 0) is 30.6 Å². The number of aliphatic carboxylic acids is 1. The molecule has 252 valence electrons. The Bertz CT molecular complexity index is 1800. The molecule has 1 aromatic carbocycles. The molecule has 8 atom stereocenters. The van der Waals surface area contributed by atoms with E-state index >= 15 is 0 Å². The van der Waals surface area contributed by atoms with Gasteiger partial charge >= 0.3 is 11.9 Å². The van der Waals surface area contributed by atoms with Crippen LogP contribution in [0.2, 0.25) is 0 Å². The van der Waals surface area contributed by atoms with E-state index in [-0.39, 0.29) is 59.8 Å². The van der Waals surface area contributed by atoms with E-state index in [9.17, 15) is 33.0 Å². The van der Waals surface area contributed by atoms with E-state index < -0.39 is 44.9 Å². The number of allylic oxidation sites excluding steroid dienone is 1. The molecule has 12 heteroatoms. The molecule has 0 bridgehead atoms. The zero-order valence-corrected chi connectivity index (χ0v) is 27.9. The third-order valence-electron chi connectivity index (χ3n) is 12.4. The maximum atomic E-state index is 13.0. The Morgan fingerprint density at radius 1 is 1.17 bits per heavy atom. The fourth-order valence-electron chi connectivity index (χ4n) is 10.2. The minimum Gasteiger partial charge on any atom is -0.478 e. The van der Waals surface area contributed by atoms with Crippen LogP contribution < -0.4 is 5.32 Å². The standard InChI is InChI=1S/C35H43N3O8S/c1-4-29(40)46-35(32(42)43)12-10-26-25-9-8-22-15-27-21(16-33(22,2)30(25)28(39)17-34(26,35)3)18-36-38(27)24-7-5-6-20(14-24)31(41)37-23-11-13-47(44,45)19-23/h5-7,14-15,18,23,25-26,28,30,39H,4,8-13,16-17,19H2,1-3H3,(H,37,41)(H,42,43)/t23?,25-,26-,28-,30+,33-,34-,35-/m0/s1. The van der Waals surface area contributed by atoms with Crippen LogP contribution in [0.4, 0.5) is 0 Å². The van der Waals surface area contributed by atoms with Gasteiger partial charge in [-0.05, 0) is 98.0 Å². The average molecular weight is 666 g/mol. The smallest absolute Gasteiger partial charge is 0.348 e. The maximum Gasteiger partial charge on any atom is 0.348 e. The lowest BCUT2D eigenvalue weighted by molar-refractivity contribution is -0.210. The van der Waals surface area contributed by atoms with E-state index in [1.165, 1.54) is 5.57 Å². The van der Waals surface area contributed by atoms with E-state index in [0.29, 0.717) is 24.8 Å². The van der Waals surface area contributed by atoms with E-state index in [1.807, 2.05) is 23.9 Å². The lowest BCUT2D eigenvalue weighted by Crippen LogP contribution is -2.63. The van der Waals surface area contributed by atoms with E-state index in [0.717, 1.165) is 29.8 Å². The molecule has 1 unspecified atom stereocenters. The summed E-state index contributed by atoms with van der Waals surface area (Å²) < 4.78 is 31.3. The molecule has 2 heterocycles. The van der Waals surface area contributed by atoms with Crippen molar-refractivity contribution in [2.45, 2.75) is 89.9 Å². The molecule has 47 heavy (non-hydrogen) atoms. The summed E-state index contributed by atoms with van der Waals surface area (Å²) in [6.45, 7) is 5.78. The molecule has 11 nitrogen and oxygen atoms in total. The number of esters is 1. The SMILES string of the molecule is CCC(=O)O[C@]1(C(=O)O)CC[C@H]2[C@@H]3CCC4=Cc5c(cnn5-c5cccc(C(=O)NC6CCS(=O)(=O)C6)c5)C[C@]4(C)[C@H]3[C@@H](O)C[C@@]21C. The molecule has 0 radical (unpaired) electrons. The largest absolute Gasteiger partial charge is 0.478 e. The summed E-state index contributed by atoms with van der Waals surface area (Å²) in [5.41, 5.74) is 1.46. The number of carbonyl (C=O) groups is 3. The lowest BCUT2D eigenvalue weighted by Gasteiger charge is -2.60. The Balaban J connectivity index is 1.16. The molecule has 1 amide bonds. The number of carboxylic acid groups (broad SMARTS) is 1. The number of hydrogen-bond acceptors (Lipinski definition) is 8. The molecule has 3 N–H and O–H groups in total. The fraction of sp³-hybridized carbons (Fsp3) is 0.600. The first-order valence-corrected chi connectivity index (χ1v) is 18.6. The molecule has 0 spiro atoms. The highest BCUT2D eigenvalue weighted by atomic mass is 32.2. The van der Waals surface area contributed by atoms with Crippen molar-refractivity contribution >= 4 is 33.8 Å². The zero-order valence-electron chi connectivity index (χ0n) is 27.1. The predicted molar refractivity (Wildman–Crippen MR) is 172 cm³/mol. The topological polar surface area (TPSA) is 165 Å². The van der Waals surface area contributed by atoms with Crippen LogP contribution >= 0.6 is 0 Å². The molecule has 5 aliphatic rings. The molecule has 3 saturated carbocycles. The minimum atomic E-state index is -3.12. The van der Waals surface area contributed by atoms with Crippen molar-refractivity contribution in [3.05, 3.63) is 52.9 Å². The van der Waals surface area contributed by atoms with Crippen LogP contribution in [0.3, 0.4) is 0 Å². The van der Waals surface area contributed by atoms with Crippen LogP contribution in [0.25, 0.3) is 11.8 Å². The van der Waals surface area contributed by atoms with Gasteiger partial charge < -0.3 is 20.3 Å². The van der Waals surface area contributed by atoms with Gasteiger partial charge in [0.2, 0.25) is 5.60 Å². The number of rotatable bonds is 6. The Morgan fingerprint density at radius 3 is 2.66 bits per heavy atom. The number of aliphatic hydroxyl groups excluding tert-OH is 1. The number of aromatic nitrogens is 2. The summed E-state index contributed by atoms with van der Waals surface area (Å²) in [5.74, 6) is -1.94. The highest BCUT2D eigenvalue weighted by Gasteiger charge is 2.71. The quantitative estimate of drug-likeness (QED) is 0.390. The molecule has 4 aliphatic carbocycles. The van der Waals surface area contributed by atoms with Crippen molar-refractivity contribution in [1.29, 1.82) is 0 Å². The Hall–Kier alpha value is -3.51. The number of nitrogens with one attached hydrogen (secondary N) is 1. The third kappa shape index (κ3) is 4.88. The molecule has 1 aliphatic heterocycles. The first-order chi connectivity index (χ1) is 22.2. The van der Waals surface area contributed by atoms with Crippen LogP contribution in [0, 0.1) is 28.6 Å². The van der Waals surface area contributed by atoms with Gasteiger partial charge in [0.15, 0.2) is 9.84 Å². The minimum absolute atomic E-state index is 0.00243. The van der Waals surface area contributed by atoms with Gasteiger partial charge in [0.1, 0.15) is 0 Å². The normalized spacial score (nSPS) is 36.7. The second-order valence-corrected chi connectivity index (χ2v) is 17.1. The van der Waals surface area contributed by atoms with Crippen molar-refractivity contribution in [2.75, 3.05) is 11.5 Å². The van der Waals surface area contributed by atoms with Crippen molar-refractivity contribution in [1.82, 2.24) is 15.1 Å². The van der Waals surface area contributed by atoms with E-state index in [1.54, 1.807) is 25.1 Å². The number of fused-ring (bicyclic) bond motifs is 6. The summed E-state index contributed by atoms with van der Waals surface area (Å²) in [6, 6.07) is 6.76. The second kappa shape index (κ2) is 11.0. The highest BCUT2D eigenvalue weighted by molar-refractivity contribution is 7.91. The summed E-state index contributed by atoms with van der Waals surface area (Å²) in [7, 11) is -3.12. The molecular formula is C35H43N3O8S. The second-order valence-electron chi connectivity index (χ2n) is 14.9. The Labute approximate surface area is 274 Å². The van der Waals surface area contributed by atoms with Crippen LogP contribution in [0.1, 0.15) is 87.3 Å². The van der Waals surface area contributed by atoms with Crippen molar-refractivity contribution in [3.63, 3.8) is 0 Å². The first-order valence-electron chi connectivity index (χ1n) is 16.7. The average Bonchev–Trinajstić information content (AvgIpc) is 3.67. The number of carboxylic acids is 1. The van der Waals surface area contributed by atoms with Crippen LogP contribution in [-0.4, -0.2) is 75.5 Å². The number of sulfone groups is 1. The molecule has 7 rings (SSSR count). The van der Waals surface area contributed by atoms with Gasteiger partial charge in [0.05, 0.1) is 35.2 Å². The number of benzene rings is 1. The summed E-state index contributed by atoms with van der Waals surface area (Å²) in [5, 5.41) is 30.0. The van der Waals surface area contributed by atoms with Gasteiger partial charge in [0, 0.05) is 23.4 Å². The fourth-order valence-corrected chi connectivity index (χ4v) is 11.8. The van der Waals surface area contributed by atoms with Crippen LogP contribution in [0.15, 0.2) is 36.0 Å². The molecule has 1 aromatic heterocycles. The van der Waals surface area contributed by atoms with Crippen molar-refractivity contribution < 1.29 is 37.8 Å². The number of aliphatic hydroxyl groups is 1. The third-order valence-corrected chi connectivity index (χ3v) is 14.2. The van der Waals surface area contributed by atoms with Gasteiger partial charge in [-0.3, -0.25) is 9.59 Å². The van der Waals surface area contributed by atoms with Crippen LogP contribution in [0.5, 0.6) is 0 Å². The Kier molecular flexibility index (Phi) is 7.51. The van der Waals surface area contributed by atoms with Gasteiger partial charge in [-0.1, -0.05) is 32.4 Å². The van der Waals surface area contributed by atoms with Gasteiger partial charge in [-0.15, -0.1) is 0 Å². The molecule has 4 fully saturated rings. The highest BCUT2D eigenvalue weighted by Crippen LogP contribution is 2.68. The molecule has 2 aromatic rings.